The van der Waals surface area contributed by atoms with Crippen molar-refractivity contribution in [1.82, 2.24) is 5.32 Å². The summed E-state index contributed by atoms with van der Waals surface area (Å²) in [4.78, 5) is 13.4. The van der Waals surface area contributed by atoms with E-state index >= 15 is 0 Å². The summed E-state index contributed by atoms with van der Waals surface area (Å²) in [6.45, 7) is 1.58. The summed E-state index contributed by atoms with van der Waals surface area (Å²) in [6, 6.07) is -1.02. The highest BCUT2D eigenvalue weighted by Crippen LogP contribution is 2.33. The molecule has 0 saturated carbocycles. The fourth-order valence-electron chi connectivity index (χ4n) is 11.9. The van der Waals surface area contributed by atoms with Gasteiger partial charge in [-0.2, -0.15) is 0 Å². The van der Waals surface area contributed by atoms with E-state index in [1.807, 2.05) is 6.08 Å². The second-order valence-corrected chi connectivity index (χ2v) is 26.7. The van der Waals surface area contributed by atoms with Gasteiger partial charge >= 0.3 is 0 Å². The summed E-state index contributed by atoms with van der Waals surface area (Å²) in [7, 11) is 0. The standard InChI is InChI=1S/C82H135NO18/c1-3-5-7-9-11-13-15-17-19-21-23-25-26-27-28-29-30-31-32-33-34-35-36-37-38-40-42-44-46-48-50-52-54-56-58-60-70(88)83-65(66(87)59-57-55-53-51-49-47-45-43-41-39-24-22-20-18-16-14-12-10-8-6-4-2)64-96-80-76(94)73(91)78(68(62-85)98-80)101-82-77(95)74(92)79(69(63-86)99-82)100-81-75(93)72(90)71(89)67(61-84)97-81/h5,7,11,13,17,19,23,25,27-28,30-31,33-34,36-37,40,42,46,48-49,51,57,59,65-69,71-82,84-87,89-95H,3-4,6,8-10,12,14-16,18,20-22,24,26,29,32,35,38-39,41,43-45,47,50,52-56,58,60-64H2,1-2H3,(H,83,88)/b7-5-,13-11-,19-17-,25-23-,28-27-,31-30-,34-33-,37-36-,42-40-,48-46-,51-49+,59-57+. The van der Waals surface area contributed by atoms with Crippen LogP contribution in [0.2, 0.25) is 0 Å². The van der Waals surface area contributed by atoms with Crippen LogP contribution in [0.25, 0.3) is 0 Å². The van der Waals surface area contributed by atoms with Crippen molar-refractivity contribution in [3.05, 3.63) is 146 Å². The molecule has 0 spiro atoms. The van der Waals surface area contributed by atoms with E-state index in [1.54, 1.807) is 6.08 Å². The topological polar surface area (TPSA) is 307 Å². The lowest BCUT2D eigenvalue weighted by Gasteiger charge is -2.48. The van der Waals surface area contributed by atoms with Gasteiger partial charge in [0.2, 0.25) is 5.91 Å². The maximum atomic E-state index is 13.4. The first-order valence-electron chi connectivity index (χ1n) is 38.6. The van der Waals surface area contributed by atoms with E-state index in [4.69, 9.17) is 28.4 Å². The fourth-order valence-corrected chi connectivity index (χ4v) is 11.9. The predicted octanol–water partition coefficient (Wildman–Crippen LogP) is 12.3. The summed E-state index contributed by atoms with van der Waals surface area (Å²) < 4.78 is 34.4. The Morgan fingerprint density at radius 3 is 1.11 bits per heavy atom. The van der Waals surface area contributed by atoms with Crippen LogP contribution in [0.1, 0.15) is 232 Å². The lowest BCUT2D eigenvalue weighted by molar-refractivity contribution is -0.379. The molecule has 0 radical (unpaired) electrons. The van der Waals surface area contributed by atoms with Crippen molar-refractivity contribution >= 4 is 5.91 Å². The number of aliphatic hydroxyl groups is 11. The molecule has 19 nitrogen and oxygen atoms in total. The van der Waals surface area contributed by atoms with E-state index < -0.39 is 124 Å². The van der Waals surface area contributed by atoms with Gasteiger partial charge in [0.15, 0.2) is 18.9 Å². The van der Waals surface area contributed by atoms with E-state index in [0.29, 0.717) is 12.8 Å². The van der Waals surface area contributed by atoms with Gasteiger partial charge in [0.1, 0.15) is 73.2 Å². The summed E-state index contributed by atoms with van der Waals surface area (Å²) in [5, 5.41) is 121. The monoisotopic (exact) mass is 1420 g/mol. The minimum absolute atomic E-state index is 0.196. The molecule has 0 aromatic rings. The van der Waals surface area contributed by atoms with Gasteiger partial charge in [-0.3, -0.25) is 4.79 Å². The summed E-state index contributed by atoms with van der Waals surface area (Å²) >= 11 is 0. The van der Waals surface area contributed by atoms with Gasteiger partial charge in [-0.25, -0.2) is 0 Å². The molecule has 17 unspecified atom stereocenters. The Hall–Kier alpha value is -4.33. The minimum atomic E-state index is -1.99. The number of allylic oxidation sites excluding steroid dienone is 23. The Balaban J connectivity index is 1.41. The van der Waals surface area contributed by atoms with Crippen molar-refractivity contribution in [2.75, 3.05) is 26.4 Å². The molecule has 12 N–H and O–H groups in total. The molecule has 0 bridgehead atoms. The SMILES string of the molecule is CC/C=C\C/C=C\C/C=C\C/C=C\C/C=C\C/C=C\C/C=C\C/C=C\C/C=C\C/C=C\CCCCCCC(=O)NC(COC1OC(CO)C(OC2OC(CO)C(OC3OC(CO)C(O)C(O)C3O)C(O)C2O)C(O)C1O)C(O)/C=C/CC/C=C/CCCCCCCCCCCCCCCCC. The number of unbranched alkanes of at least 4 members (excludes halogenated alkanes) is 20. The molecule has 3 fully saturated rings. The highest BCUT2D eigenvalue weighted by Gasteiger charge is 2.53. The molecular weight excluding hydrogens is 1290 g/mol. The number of amides is 1. The predicted molar refractivity (Wildman–Crippen MR) is 401 cm³/mol. The van der Waals surface area contributed by atoms with Crippen molar-refractivity contribution < 1.29 is 89.4 Å². The normalized spacial score (nSPS) is 27.2. The van der Waals surface area contributed by atoms with Gasteiger partial charge in [0, 0.05) is 6.42 Å². The van der Waals surface area contributed by atoms with Gasteiger partial charge in [0.05, 0.1) is 38.6 Å². The zero-order valence-corrected chi connectivity index (χ0v) is 61.3. The molecule has 3 aliphatic rings. The van der Waals surface area contributed by atoms with Crippen molar-refractivity contribution in [2.24, 2.45) is 0 Å². The number of aliphatic hydroxyl groups excluding tert-OH is 11. The van der Waals surface area contributed by atoms with E-state index in [1.165, 1.54) is 89.9 Å². The molecule has 576 valence electrons. The summed E-state index contributed by atoms with van der Waals surface area (Å²) in [6.07, 6.45) is 61.1. The summed E-state index contributed by atoms with van der Waals surface area (Å²) in [5.41, 5.74) is 0. The molecule has 101 heavy (non-hydrogen) atoms. The first-order valence-corrected chi connectivity index (χ1v) is 38.6. The van der Waals surface area contributed by atoms with Crippen molar-refractivity contribution in [2.45, 2.75) is 336 Å². The average Bonchev–Trinajstić information content (AvgIpc) is 0.782. The van der Waals surface area contributed by atoms with Crippen LogP contribution in [0.5, 0.6) is 0 Å². The Kier molecular flexibility index (Phi) is 54.8. The minimum Gasteiger partial charge on any atom is -0.394 e. The molecule has 0 aromatic heterocycles. The molecule has 3 rings (SSSR count). The number of ether oxygens (including phenoxy) is 6. The van der Waals surface area contributed by atoms with Gasteiger partial charge in [-0.1, -0.05) is 262 Å². The number of nitrogens with one attached hydrogen (secondary N) is 1. The molecule has 17 atom stereocenters. The zero-order valence-electron chi connectivity index (χ0n) is 61.3. The van der Waals surface area contributed by atoms with Crippen LogP contribution in [0.4, 0.5) is 0 Å². The van der Waals surface area contributed by atoms with Crippen LogP contribution in [0.3, 0.4) is 0 Å². The van der Waals surface area contributed by atoms with Crippen molar-refractivity contribution in [3.8, 4) is 0 Å². The van der Waals surface area contributed by atoms with Gasteiger partial charge in [-0.15, -0.1) is 0 Å². The van der Waals surface area contributed by atoms with E-state index in [-0.39, 0.29) is 18.9 Å². The number of hydrogen-bond acceptors (Lipinski definition) is 18. The van der Waals surface area contributed by atoms with Crippen LogP contribution >= 0.6 is 0 Å². The van der Waals surface area contributed by atoms with Crippen molar-refractivity contribution in [3.63, 3.8) is 0 Å². The van der Waals surface area contributed by atoms with Crippen LogP contribution < -0.4 is 5.32 Å². The maximum Gasteiger partial charge on any atom is 0.220 e. The number of rotatable bonds is 58. The lowest BCUT2D eigenvalue weighted by Crippen LogP contribution is -2.66. The van der Waals surface area contributed by atoms with Crippen LogP contribution in [0, 0.1) is 0 Å². The van der Waals surface area contributed by atoms with Crippen LogP contribution in [-0.4, -0.2) is 193 Å². The third-order valence-corrected chi connectivity index (χ3v) is 18.1. The largest absolute Gasteiger partial charge is 0.394 e. The molecule has 3 aliphatic heterocycles. The first-order chi connectivity index (χ1) is 49.3. The van der Waals surface area contributed by atoms with Crippen LogP contribution in [0.15, 0.2) is 146 Å². The molecule has 3 heterocycles. The smallest absolute Gasteiger partial charge is 0.220 e. The first kappa shape index (κ1) is 90.9. The number of hydrogen-bond donors (Lipinski definition) is 12. The second-order valence-electron chi connectivity index (χ2n) is 26.7. The molecular formula is C82H135NO18. The van der Waals surface area contributed by atoms with E-state index in [0.717, 1.165) is 109 Å². The number of carbonyl (C=O) groups is 1. The molecule has 0 aromatic carbocycles. The Bertz CT molecular complexity index is 2400. The highest BCUT2D eigenvalue weighted by atomic mass is 16.8. The average molecular weight is 1420 g/mol. The van der Waals surface area contributed by atoms with Gasteiger partial charge in [0.25, 0.3) is 0 Å². The quantitative estimate of drug-likeness (QED) is 0.0199. The zero-order chi connectivity index (χ0) is 73.2. The molecule has 0 aliphatic carbocycles. The lowest BCUT2D eigenvalue weighted by atomic mass is 9.96. The Morgan fingerprint density at radius 2 is 0.693 bits per heavy atom. The van der Waals surface area contributed by atoms with Gasteiger partial charge < -0.3 is 89.9 Å². The maximum absolute atomic E-state index is 13.4. The van der Waals surface area contributed by atoms with E-state index in [2.05, 4.69) is 153 Å². The Labute approximate surface area is 606 Å². The third kappa shape index (κ3) is 41.2. The van der Waals surface area contributed by atoms with E-state index in [9.17, 15) is 61.0 Å². The molecule has 3 saturated heterocycles. The van der Waals surface area contributed by atoms with Crippen molar-refractivity contribution in [1.29, 1.82) is 0 Å². The molecule has 1 amide bonds. The van der Waals surface area contributed by atoms with Crippen LogP contribution in [-0.2, 0) is 33.2 Å². The molecule has 19 heteroatoms. The second kappa shape index (κ2) is 60.9. The fraction of sp³-hybridized carbons (Fsp3) is 0.695. The summed E-state index contributed by atoms with van der Waals surface area (Å²) in [5.74, 6) is -0.315. The van der Waals surface area contributed by atoms with Gasteiger partial charge in [-0.05, 0) is 109 Å². The highest BCUT2D eigenvalue weighted by molar-refractivity contribution is 5.76. The Morgan fingerprint density at radius 1 is 0.366 bits per heavy atom. The number of carbonyl (C=O) groups excluding carboxylic acids is 1. The third-order valence-electron chi connectivity index (χ3n) is 18.1.